The molecule has 0 amide bonds. The van der Waals surface area contributed by atoms with Crippen LogP contribution >= 0.6 is 0 Å². The van der Waals surface area contributed by atoms with Gasteiger partial charge in [0.05, 0.1) is 12.8 Å². The summed E-state index contributed by atoms with van der Waals surface area (Å²) in [6.07, 6.45) is 2.50. The lowest BCUT2D eigenvalue weighted by Crippen LogP contribution is -2.03. The van der Waals surface area contributed by atoms with E-state index >= 15 is 0 Å². The number of aryl methyl sites for hydroxylation is 2. The van der Waals surface area contributed by atoms with E-state index < -0.39 is 0 Å². The van der Waals surface area contributed by atoms with Gasteiger partial charge in [-0.3, -0.25) is 0 Å². The predicted molar refractivity (Wildman–Crippen MR) is 82.4 cm³/mol. The summed E-state index contributed by atoms with van der Waals surface area (Å²) >= 11 is 0. The highest BCUT2D eigenvalue weighted by molar-refractivity contribution is 5.72. The molecule has 0 radical (unpaired) electrons. The Balaban J connectivity index is 2.65. The molecule has 0 bridgehead atoms. The molecule has 4 nitrogen and oxygen atoms in total. The van der Waals surface area contributed by atoms with Crippen molar-refractivity contribution in [2.75, 3.05) is 19.5 Å². The molecule has 0 saturated carbocycles. The second kappa shape index (κ2) is 5.90. The van der Waals surface area contributed by atoms with Crippen LogP contribution in [-0.2, 0) is 6.42 Å². The van der Waals surface area contributed by atoms with Crippen LogP contribution < -0.4 is 10.1 Å². The molecule has 0 atom stereocenters. The Hall–Kier alpha value is -2.10. The standard InChI is InChI=1S/C16H21N3O/c1-6-12-15(18-9-19-16(12)17-4)13-7-11(3)14(20-5)8-10(13)2/h7-9H,6H2,1-5H3,(H,17,18,19). The van der Waals surface area contributed by atoms with Crippen LogP contribution in [0.15, 0.2) is 18.5 Å². The first kappa shape index (κ1) is 14.3. The van der Waals surface area contributed by atoms with Gasteiger partial charge in [-0.2, -0.15) is 0 Å². The van der Waals surface area contributed by atoms with Crippen molar-refractivity contribution in [3.8, 4) is 17.0 Å². The number of hydrogen-bond acceptors (Lipinski definition) is 4. The SMILES string of the molecule is CCc1c(NC)ncnc1-c1cc(C)c(OC)cc1C. The number of anilines is 1. The number of ether oxygens (including phenoxy) is 1. The van der Waals surface area contributed by atoms with Gasteiger partial charge in [-0.15, -0.1) is 0 Å². The molecule has 1 aromatic heterocycles. The van der Waals surface area contributed by atoms with E-state index in [1.165, 1.54) is 0 Å². The molecule has 20 heavy (non-hydrogen) atoms. The highest BCUT2D eigenvalue weighted by atomic mass is 16.5. The summed E-state index contributed by atoms with van der Waals surface area (Å²) in [5, 5.41) is 3.14. The summed E-state index contributed by atoms with van der Waals surface area (Å²) in [4.78, 5) is 8.79. The lowest BCUT2D eigenvalue weighted by molar-refractivity contribution is 0.411. The van der Waals surface area contributed by atoms with E-state index in [2.05, 4.69) is 41.3 Å². The minimum Gasteiger partial charge on any atom is -0.496 e. The predicted octanol–water partition coefficient (Wildman–Crippen LogP) is 3.37. The van der Waals surface area contributed by atoms with Crippen molar-refractivity contribution in [2.24, 2.45) is 0 Å². The van der Waals surface area contributed by atoms with Crippen molar-refractivity contribution >= 4 is 5.82 Å². The Morgan fingerprint density at radius 3 is 2.50 bits per heavy atom. The molecule has 0 aliphatic rings. The van der Waals surface area contributed by atoms with Crippen LogP contribution in [0.3, 0.4) is 0 Å². The van der Waals surface area contributed by atoms with E-state index in [4.69, 9.17) is 4.74 Å². The summed E-state index contributed by atoms with van der Waals surface area (Å²) in [6.45, 7) is 6.25. The first-order valence-electron chi connectivity index (χ1n) is 6.79. The van der Waals surface area contributed by atoms with Crippen molar-refractivity contribution in [3.63, 3.8) is 0 Å². The zero-order valence-corrected chi connectivity index (χ0v) is 12.7. The summed E-state index contributed by atoms with van der Waals surface area (Å²) in [5.74, 6) is 1.80. The molecular weight excluding hydrogens is 250 g/mol. The molecule has 2 rings (SSSR count). The summed E-state index contributed by atoms with van der Waals surface area (Å²) < 4.78 is 5.37. The fourth-order valence-electron chi connectivity index (χ4n) is 2.46. The van der Waals surface area contributed by atoms with E-state index in [9.17, 15) is 0 Å². The van der Waals surface area contributed by atoms with Crippen LogP contribution in [0.1, 0.15) is 23.6 Å². The first-order valence-corrected chi connectivity index (χ1v) is 6.79. The highest BCUT2D eigenvalue weighted by Crippen LogP contribution is 2.32. The fourth-order valence-corrected chi connectivity index (χ4v) is 2.46. The van der Waals surface area contributed by atoms with Crippen molar-refractivity contribution in [2.45, 2.75) is 27.2 Å². The second-order valence-electron chi connectivity index (χ2n) is 4.79. The number of aromatic nitrogens is 2. The average Bonchev–Trinajstić information content (AvgIpc) is 2.48. The molecule has 0 unspecified atom stereocenters. The summed E-state index contributed by atoms with van der Waals surface area (Å²) in [7, 11) is 3.58. The third kappa shape index (κ3) is 2.46. The molecule has 1 heterocycles. The Labute approximate surface area is 120 Å². The molecule has 106 valence electrons. The van der Waals surface area contributed by atoms with Crippen LogP contribution in [-0.4, -0.2) is 24.1 Å². The lowest BCUT2D eigenvalue weighted by Gasteiger charge is -2.15. The Morgan fingerprint density at radius 1 is 1.15 bits per heavy atom. The minimum atomic E-state index is 0.886. The maximum Gasteiger partial charge on any atom is 0.132 e. The number of rotatable bonds is 4. The molecule has 4 heteroatoms. The number of methoxy groups -OCH3 is 1. The van der Waals surface area contributed by atoms with Crippen LogP contribution in [0.2, 0.25) is 0 Å². The Morgan fingerprint density at radius 2 is 1.90 bits per heavy atom. The van der Waals surface area contributed by atoms with Crippen LogP contribution in [0.5, 0.6) is 5.75 Å². The lowest BCUT2D eigenvalue weighted by atomic mass is 9.97. The maximum atomic E-state index is 5.37. The molecule has 0 saturated heterocycles. The highest BCUT2D eigenvalue weighted by Gasteiger charge is 2.14. The van der Waals surface area contributed by atoms with Crippen LogP contribution in [0, 0.1) is 13.8 Å². The van der Waals surface area contributed by atoms with Gasteiger partial charge in [-0.25, -0.2) is 9.97 Å². The quantitative estimate of drug-likeness (QED) is 0.926. The fraction of sp³-hybridized carbons (Fsp3) is 0.375. The van der Waals surface area contributed by atoms with Gasteiger partial charge in [-0.05, 0) is 43.5 Å². The van der Waals surface area contributed by atoms with Crippen LogP contribution in [0.25, 0.3) is 11.3 Å². The molecule has 0 spiro atoms. The molecule has 2 aromatic rings. The van der Waals surface area contributed by atoms with E-state index in [-0.39, 0.29) is 0 Å². The topological polar surface area (TPSA) is 47.0 Å². The molecule has 1 N–H and O–H groups in total. The largest absolute Gasteiger partial charge is 0.496 e. The molecular formula is C16H21N3O. The van der Waals surface area contributed by atoms with Gasteiger partial charge in [0, 0.05) is 18.2 Å². The van der Waals surface area contributed by atoms with Gasteiger partial charge in [0.15, 0.2) is 0 Å². The van der Waals surface area contributed by atoms with Gasteiger partial charge in [-0.1, -0.05) is 6.92 Å². The number of nitrogens with one attached hydrogen (secondary N) is 1. The van der Waals surface area contributed by atoms with Crippen LogP contribution in [0.4, 0.5) is 5.82 Å². The third-order valence-corrected chi connectivity index (χ3v) is 3.53. The monoisotopic (exact) mass is 271 g/mol. The van der Waals surface area contributed by atoms with Crippen molar-refractivity contribution in [1.82, 2.24) is 9.97 Å². The summed E-state index contributed by atoms with van der Waals surface area (Å²) in [5.41, 5.74) is 5.54. The summed E-state index contributed by atoms with van der Waals surface area (Å²) in [6, 6.07) is 4.19. The van der Waals surface area contributed by atoms with Gasteiger partial charge < -0.3 is 10.1 Å². The van der Waals surface area contributed by atoms with E-state index in [0.717, 1.165) is 45.9 Å². The molecule has 0 aliphatic heterocycles. The van der Waals surface area contributed by atoms with E-state index in [1.54, 1.807) is 13.4 Å². The zero-order valence-electron chi connectivity index (χ0n) is 12.7. The first-order chi connectivity index (χ1) is 9.62. The number of hydrogen-bond donors (Lipinski definition) is 1. The molecule has 0 aliphatic carbocycles. The smallest absolute Gasteiger partial charge is 0.132 e. The maximum absolute atomic E-state index is 5.37. The average molecular weight is 271 g/mol. The Kier molecular flexibility index (Phi) is 4.23. The second-order valence-corrected chi connectivity index (χ2v) is 4.79. The molecule has 0 fully saturated rings. The van der Waals surface area contributed by atoms with Gasteiger partial charge in [0.2, 0.25) is 0 Å². The van der Waals surface area contributed by atoms with Gasteiger partial charge >= 0.3 is 0 Å². The minimum absolute atomic E-state index is 0.886. The van der Waals surface area contributed by atoms with Crippen molar-refractivity contribution in [1.29, 1.82) is 0 Å². The third-order valence-electron chi connectivity index (χ3n) is 3.53. The van der Waals surface area contributed by atoms with Crippen molar-refractivity contribution in [3.05, 3.63) is 35.2 Å². The Bertz CT molecular complexity index is 623. The van der Waals surface area contributed by atoms with E-state index in [0.29, 0.717) is 0 Å². The normalized spacial score (nSPS) is 10.4. The van der Waals surface area contributed by atoms with Crippen molar-refractivity contribution < 1.29 is 4.74 Å². The number of benzene rings is 1. The van der Waals surface area contributed by atoms with E-state index in [1.807, 2.05) is 14.0 Å². The number of nitrogens with zero attached hydrogens (tertiary/aromatic N) is 2. The van der Waals surface area contributed by atoms with Gasteiger partial charge in [0.1, 0.15) is 17.9 Å². The zero-order chi connectivity index (χ0) is 14.7. The molecule has 1 aromatic carbocycles. The van der Waals surface area contributed by atoms with Gasteiger partial charge in [0.25, 0.3) is 0 Å².